The fourth-order valence-corrected chi connectivity index (χ4v) is 1.81. The molecule has 0 spiro atoms. The number of rotatable bonds is 3. The largest absolute Gasteiger partial charge is 0.507 e. The summed E-state index contributed by atoms with van der Waals surface area (Å²) in [7, 11) is 0. The molecule has 0 radical (unpaired) electrons. The summed E-state index contributed by atoms with van der Waals surface area (Å²) in [5.74, 6) is -1.31. The van der Waals surface area contributed by atoms with Crippen LogP contribution in [0.3, 0.4) is 0 Å². The van der Waals surface area contributed by atoms with Gasteiger partial charge < -0.3 is 16.2 Å². The van der Waals surface area contributed by atoms with Gasteiger partial charge in [0, 0.05) is 16.3 Å². The average Bonchev–Trinajstić information content (AvgIpc) is 2.41. The van der Waals surface area contributed by atoms with Crippen molar-refractivity contribution >= 4 is 29.1 Å². The lowest BCUT2D eigenvalue weighted by Crippen LogP contribution is -2.14. The maximum Gasteiger partial charge on any atom is 0.259 e. The van der Waals surface area contributed by atoms with Crippen LogP contribution in [0.2, 0.25) is 5.02 Å². The van der Waals surface area contributed by atoms with Crippen LogP contribution in [0.1, 0.15) is 20.7 Å². The van der Waals surface area contributed by atoms with Gasteiger partial charge in [0.15, 0.2) is 0 Å². The second-order valence-electron chi connectivity index (χ2n) is 4.06. The van der Waals surface area contributed by atoms with E-state index in [0.29, 0.717) is 10.7 Å². The van der Waals surface area contributed by atoms with Gasteiger partial charge in [-0.05, 0) is 36.4 Å². The molecule has 0 aliphatic heterocycles. The molecule has 0 atom stereocenters. The first-order chi connectivity index (χ1) is 9.47. The summed E-state index contributed by atoms with van der Waals surface area (Å²) in [5, 5.41) is 12.5. The molecule has 5 nitrogen and oxygen atoms in total. The molecule has 0 heterocycles. The Kier molecular flexibility index (Phi) is 3.91. The number of hydrogen-bond donors (Lipinski definition) is 3. The van der Waals surface area contributed by atoms with Crippen LogP contribution < -0.4 is 11.1 Å². The van der Waals surface area contributed by atoms with E-state index in [4.69, 9.17) is 17.3 Å². The van der Waals surface area contributed by atoms with Gasteiger partial charge in [-0.25, -0.2) is 0 Å². The molecule has 0 bridgehead atoms. The molecule has 0 saturated carbocycles. The standard InChI is InChI=1S/C14H11ClN2O3/c15-9-4-5-12(18)11(7-9)14(20)17-10-3-1-2-8(6-10)13(16)19/h1-7,18H,(H2,16,19)(H,17,20). The van der Waals surface area contributed by atoms with Gasteiger partial charge in [0.25, 0.3) is 5.91 Å². The zero-order chi connectivity index (χ0) is 14.7. The molecule has 0 fully saturated rings. The van der Waals surface area contributed by atoms with Crippen LogP contribution >= 0.6 is 11.6 Å². The van der Waals surface area contributed by atoms with Gasteiger partial charge >= 0.3 is 0 Å². The number of phenols is 1. The summed E-state index contributed by atoms with van der Waals surface area (Å²) in [4.78, 5) is 23.1. The molecule has 2 amide bonds. The van der Waals surface area contributed by atoms with Crippen molar-refractivity contribution < 1.29 is 14.7 Å². The van der Waals surface area contributed by atoms with Gasteiger partial charge in [0.1, 0.15) is 5.75 Å². The number of hydrogen-bond acceptors (Lipinski definition) is 3. The summed E-state index contributed by atoms with van der Waals surface area (Å²) in [6, 6.07) is 10.3. The molecule has 20 heavy (non-hydrogen) atoms. The molecule has 2 rings (SSSR count). The number of phenolic OH excluding ortho intramolecular Hbond substituents is 1. The molecule has 0 saturated heterocycles. The summed E-state index contributed by atoms with van der Waals surface area (Å²) in [5.41, 5.74) is 5.87. The van der Waals surface area contributed by atoms with Crippen molar-refractivity contribution in [2.24, 2.45) is 5.73 Å². The van der Waals surface area contributed by atoms with Crippen molar-refractivity contribution in [2.45, 2.75) is 0 Å². The van der Waals surface area contributed by atoms with Crippen LogP contribution in [-0.2, 0) is 0 Å². The number of nitrogens with two attached hydrogens (primary N) is 1. The lowest BCUT2D eigenvalue weighted by molar-refractivity contribution is 0.0995. The Morgan fingerprint density at radius 3 is 2.60 bits per heavy atom. The lowest BCUT2D eigenvalue weighted by atomic mass is 10.1. The molecule has 102 valence electrons. The Hall–Kier alpha value is -2.53. The van der Waals surface area contributed by atoms with E-state index in [2.05, 4.69) is 5.32 Å². The number of primary amides is 1. The van der Waals surface area contributed by atoms with E-state index in [-0.39, 0.29) is 16.9 Å². The Morgan fingerprint density at radius 1 is 1.15 bits per heavy atom. The maximum absolute atomic E-state index is 12.0. The third kappa shape index (κ3) is 3.07. The minimum absolute atomic E-state index is 0.0435. The van der Waals surface area contributed by atoms with Crippen molar-refractivity contribution in [2.75, 3.05) is 5.32 Å². The molecule has 0 unspecified atom stereocenters. The fourth-order valence-electron chi connectivity index (χ4n) is 1.64. The normalized spacial score (nSPS) is 10.1. The Balaban J connectivity index is 2.25. The SMILES string of the molecule is NC(=O)c1cccc(NC(=O)c2cc(Cl)ccc2O)c1. The van der Waals surface area contributed by atoms with E-state index in [0.717, 1.165) is 0 Å². The van der Waals surface area contributed by atoms with Gasteiger partial charge in [-0.1, -0.05) is 17.7 Å². The average molecular weight is 291 g/mol. The number of carbonyl (C=O) groups is 2. The fraction of sp³-hybridized carbons (Fsp3) is 0. The number of carbonyl (C=O) groups excluding carboxylic acids is 2. The Labute approximate surface area is 120 Å². The summed E-state index contributed by atoms with van der Waals surface area (Å²) in [6.07, 6.45) is 0. The molecular formula is C14H11ClN2O3. The lowest BCUT2D eigenvalue weighted by Gasteiger charge is -2.08. The number of halogens is 1. The second-order valence-corrected chi connectivity index (χ2v) is 4.50. The molecule has 0 aromatic heterocycles. The summed E-state index contributed by atoms with van der Waals surface area (Å²) < 4.78 is 0. The van der Waals surface area contributed by atoms with Crippen molar-refractivity contribution in [1.82, 2.24) is 0 Å². The van der Waals surface area contributed by atoms with Crippen molar-refractivity contribution in [3.63, 3.8) is 0 Å². The smallest absolute Gasteiger partial charge is 0.259 e. The third-order valence-corrected chi connectivity index (χ3v) is 2.84. The first-order valence-electron chi connectivity index (χ1n) is 5.67. The minimum atomic E-state index is -0.591. The molecule has 2 aromatic carbocycles. The van der Waals surface area contributed by atoms with Crippen LogP contribution in [0.4, 0.5) is 5.69 Å². The number of anilines is 1. The summed E-state index contributed by atoms with van der Waals surface area (Å²) in [6.45, 7) is 0. The van der Waals surface area contributed by atoms with Gasteiger partial charge in [0.05, 0.1) is 5.56 Å². The van der Waals surface area contributed by atoms with Crippen LogP contribution in [0.5, 0.6) is 5.75 Å². The van der Waals surface area contributed by atoms with Crippen molar-refractivity contribution in [1.29, 1.82) is 0 Å². The summed E-state index contributed by atoms with van der Waals surface area (Å²) >= 11 is 5.78. The first-order valence-corrected chi connectivity index (χ1v) is 6.05. The monoisotopic (exact) mass is 290 g/mol. The second kappa shape index (κ2) is 5.63. The highest BCUT2D eigenvalue weighted by Gasteiger charge is 2.12. The van der Waals surface area contributed by atoms with Gasteiger partial charge in [-0.3, -0.25) is 9.59 Å². The number of nitrogens with one attached hydrogen (secondary N) is 1. The molecule has 0 aliphatic rings. The van der Waals surface area contributed by atoms with Crippen LogP contribution in [0.25, 0.3) is 0 Å². The predicted octanol–water partition coefficient (Wildman–Crippen LogP) is 2.40. The molecular weight excluding hydrogens is 280 g/mol. The van der Waals surface area contributed by atoms with Crippen LogP contribution in [0.15, 0.2) is 42.5 Å². The number of amides is 2. The molecule has 2 aromatic rings. The van der Waals surface area contributed by atoms with Crippen molar-refractivity contribution in [3.05, 3.63) is 58.6 Å². The van der Waals surface area contributed by atoms with Crippen LogP contribution in [-0.4, -0.2) is 16.9 Å². The predicted molar refractivity (Wildman–Crippen MR) is 76.0 cm³/mol. The van der Waals surface area contributed by atoms with Crippen LogP contribution in [0, 0.1) is 0 Å². The molecule has 0 aliphatic carbocycles. The topological polar surface area (TPSA) is 92.4 Å². The number of benzene rings is 2. The highest BCUT2D eigenvalue weighted by molar-refractivity contribution is 6.31. The van der Waals surface area contributed by atoms with E-state index >= 15 is 0 Å². The van der Waals surface area contributed by atoms with Gasteiger partial charge in [-0.2, -0.15) is 0 Å². The van der Waals surface area contributed by atoms with Gasteiger partial charge in [0.2, 0.25) is 5.91 Å². The zero-order valence-corrected chi connectivity index (χ0v) is 11.0. The maximum atomic E-state index is 12.0. The van der Waals surface area contributed by atoms with E-state index in [1.165, 1.54) is 30.3 Å². The number of aromatic hydroxyl groups is 1. The van der Waals surface area contributed by atoms with Gasteiger partial charge in [-0.15, -0.1) is 0 Å². The Bertz CT molecular complexity index is 686. The third-order valence-electron chi connectivity index (χ3n) is 2.61. The van der Waals surface area contributed by atoms with E-state index < -0.39 is 11.8 Å². The van der Waals surface area contributed by atoms with E-state index in [1.807, 2.05) is 0 Å². The highest BCUT2D eigenvalue weighted by atomic mass is 35.5. The first kappa shape index (κ1) is 13.9. The minimum Gasteiger partial charge on any atom is -0.507 e. The highest BCUT2D eigenvalue weighted by Crippen LogP contribution is 2.22. The quantitative estimate of drug-likeness (QED) is 0.810. The zero-order valence-electron chi connectivity index (χ0n) is 10.3. The van der Waals surface area contributed by atoms with E-state index in [9.17, 15) is 14.7 Å². The van der Waals surface area contributed by atoms with Crippen molar-refractivity contribution in [3.8, 4) is 5.75 Å². The molecule has 4 N–H and O–H groups in total. The molecule has 6 heteroatoms. The Morgan fingerprint density at radius 2 is 1.90 bits per heavy atom. The van der Waals surface area contributed by atoms with E-state index in [1.54, 1.807) is 12.1 Å².